The Kier molecular flexibility index (Phi) is 4.37. The third-order valence-electron chi connectivity index (χ3n) is 3.15. The molecule has 0 atom stereocenters. The average molecular weight is 287 g/mol. The Hall–Kier alpha value is -2.63. The predicted molar refractivity (Wildman–Crippen MR) is 77.4 cm³/mol. The lowest BCUT2D eigenvalue weighted by Crippen LogP contribution is -2.27. The van der Waals surface area contributed by atoms with Crippen molar-refractivity contribution in [3.05, 3.63) is 53.1 Å². The Morgan fingerprint density at radius 1 is 1.33 bits per heavy atom. The number of nitrogens with zero attached hydrogens (tertiary/aromatic N) is 2. The summed E-state index contributed by atoms with van der Waals surface area (Å²) in [7, 11) is 0. The van der Waals surface area contributed by atoms with E-state index >= 15 is 0 Å². The Morgan fingerprint density at radius 2 is 2.10 bits per heavy atom. The van der Waals surface area contributed by atoms with Crippen molar-refractivity contribution in [2.75, 3.05) is 6.54 Å². The number of aromatic carboxylic acids is 1. The van der Waals surface area contributed by atoms with Crippen LogP contribution in [0.4, 0.5) is 0 Å². The second kappa shape index (κ2) is 6.21. The van der Waals surface area contributed by atoms with Crippen molar-refractivity contribution in [1.82, 2.24) is 14.9 Å². The van der Waals surface area contributed by atoms with E-state index in [2.05, 4.69) is 10.3 Å². The first-order chi connectivity index (χ1) is 9.97. The number of nitrogens with one attached hydrogen (secondary N) is 1. The van der Waals surface area contributed by atoms with Crippen molar-refractivity contribution in [3.8, 4) is 0 Å². The summed E-state index contributed by atoms with van der Waals surface area (Å²) in [5.74, 6) is -1.19. The molecule has 0 bridgehead atoms. The Labute approximate surface area is 122 Å². The van der Waals surface area contributed by atoms with Crippen molar-refractivity contribution in [2.24, 2.45) is 0 Å². The molecule has 6 heteroatoms. The first-order valence-electron chi connectivity index (χ1n) is 6.58. The molecule has 2 N–H and O–H groups in total. The Bertz CT molecular complexity index is 677. The lowest BCUT2D eigenvalue weighted by atomic mass is 10.1. The zero-order valence-corrected chi connectivity index (χ0v) is 12.0. The van der Waals surface area contributed by atoms with Gasteiger partial charge in [-0.1, -0.05) is 17.7 Å². The van der Waals surface area contributed by atoms with Crippen molar-refractivity contribution in [2.45, 2.75) is 20.4 Å². The van der Waals surface area contributed by atoms with Gasteiger partial charge < -0.3 is 15.0 Å². The molecule has 0 saturated carbocycles. The van der Waals surface area contributed by atoms with Gasteiger partial charge in [0.15, 0.2) is 5.69 Å². The molecule has 1 heterocycles. The third kappa shape index (κ3) is 3.68. The Balaban J connectivity index is 1.92. The summed E-state index contributed by atoms with van der Waals surface area (Å²) in [5.41, 5.74) is 2.61. The number of carbonyl (C=O) groups excluding carboxylic acids is 1. The fourth-order valence-electron chi connectivity index (χ4n) is 1.97. The lowest BCUT2D eigenvalue weighted by Gasteiger charge is -2.09. The fourth-order valence-corrected chi connectivity index (χ4v) is 1.97. The molecule has 110 valence electrons. The summed E-state index contributed by atoms with van der Waals surface area (Å²) in [6.07, 6.45) is 2.87. The molecule has 6 nitrogen and oxygen atoms in total. The molecule has 0 aliphatic rings. The van der Waals surface area contributed by atoms with E-state index in [0.717, 1.165) is 11.1 Å². The van der Waals surface area contributed by atoms with Crippen LogP contribution in [0, 0.1) is 13.8 Å². The molecule has 1 aromatic heterocycles. The van der Waals surface area contributed by atoms with Crippen molar-refractivity contribution in [3.63, 3.8) is 0 Å². The molecular formula is C15H17N3O3. The maximum Gasteiger partial charge on any atom is 0.356 e. The van der Waals surface area contributed by atoms with Gasteiger partial charge in [-0.2, -0.15) is 0 Å². The number of carboxylic acid groups (broad SMARTS) is 1. The smallest absolute Gasteiger partial charge is 0.356 e. The zero-order chi connectivity index (χ0) is 15.4. The van der Waals surface area contributed by atoms with Crippen LogP contribution >= 0.6 is 0 Å². The summed E-state index contributed by atoms with van der Waals surface area (Å²) in [6, 6.07) is 5.73. The standard InChI is InChI=1S/C15H17N3O3/c1-10-3-4-11(2)12(7-10)14(19)16-5-6-18-8-13(15(20)21)17-9-18/h3-4,7-9H,5-6H2,1-2H3,(H,16,19)(H,20,21). The number of imidazole rings is 1. The number of amides is 1. The number of rotatable bonds is 5. The molecule has 2 rings (SSSR count). The first-order valence-corrected chi connectivity index (χ1v) is 6.58. The summed E-state index contributed by atoms with van der Waals surface area (Å²) in [5, 5.41) is 11.6. The van der Waals surface area contributed by atoms with Gasteiger partial charge in [0.2, 0.25) is 0 Å². The fraction of sp³-hybridized carbons (Fsp3) is 0.267. The predicted octanol–water partition coefficient (Wildman–Crippen LogP) is 1.63. The number of carbonyl (C=O) groups is 2. The van der Waals surface area contributed by atoms with Crippen LogP contribution in [0.3, 0.4) is 0 Å². The van der Waals surface area contributed by atoms with Crippen molar-refractivity contribution < 1.29 is 14.7 Å². The molecule has 0 radical (unpaired) electrons. The van der Waals surface area contributed by atoms with Gasteiger partial charge in [-0.15, -0.1) is 0 Å². The van der Waals surface area contributed by atoms with Crippen LogP contribution < -0.4 is 5.32 Å². The monoisotopic (exact) mass is 287 g/mol. The minimum atomic E-state index is -1.06. The van der Waals surface area contributed by atoms with E-state index in [4.69, 9.17) is 5.11 Å². The van der Waals surface area contributed by atoms with Gasteiger partial charge in [-0.3, -0.25) is 4.79 Å². The number of hydrogen-bond donors (Lipinski definition) is 2. The first kappa shape index (κ1) is 14.8. The SMILES string of the molecule is Cc1ccc(C)c(C(=O)NCCn2cnc(C(=O)O)c2)c1. The quantitative estimate of drug-likeness (QED) is 0.875. The van der Waals surface area contributed by atoms with Crippen LogP contribution in [0.15, 0.2) is 30.7 Å². The van der Waals surface area contributed by atoms with Crippen LogP contribution in [0.5, 0.6) is 0 Å². The van der Waals surface area contributed by atoms with E-state index in [0.29, 0.717) is 18.7 Å². The van der Waals surface area contributed by atoms with Crippen molar-refractivity contribution in [1.29, 1.82) is 0 Å². The van der Waals surface area contributed by atoms with Gasteiger partial charge in [0.1, 0.15) is 0 Å². The lowest BCUT2D eigenvalue weighted by molar-refractivity contribution is 0.0690. The Morgan fingerprint density at radius 3 is 2.76 bits per heavy atom. The number of carboxylic acids is 1. The molecule has 0 fully saturated rings. The second-order valence-electron chi connectivity index (χ2n) is 4.88. The number of aromatic nitrogens is 2. The molecule has 0 spiro atoms. The summed E-state index contributed by atoms with van der Waals surface area (Å²) >= 11 is 0. The molecule has 1 amide bonds. The van der Waals surface area contributed by atoms with Crippen LogP contribution in [-0.4, -0.2) is 33.1 Å². The molecule has 1 aromatic carbocycles. The van der Waals surface area contributed by atoms with Crippen LogP contribution in [-0.2, 0) is 6.54 Å². The number of aryl methyl sites for hydroxylation is 2. The highest BCUT2D eigenvalue weighted by atomic mass is 16.4. The van der Waals surface area contributed by atoms with Gasteiger partial charge in [0.05, 0.1) is 6.33 Å². The summed E-state index contributed by atoms with van der Waals surface area (Å²) < 4.78 is 1.63. The molecule has 2 aromatic rings. The second-order valence-corrected chi connectivity index (χ2v) is 4.88. The maximum atomic E-state index is 12.1. The van der Waals surface area contributed by atoms with Gasteiger partial charge in [-0.25, -0.2) is 9.78 Å². The van der Waals surface area contributed by atoms with Gasteiger partial charge in [-0.05, 0) is 25.5 Å². The van der Waals surface area contributed by atoms with Crippen LogP contribution in [0.1, 0.15) is 32.0 Å². The van der Waals surface area contributed by atoms with E-state index in [1.807, 2.05) is 32.0 Å². The summed E-state index contributed by atoms with van der Waals surface area (Å²) in [4.78, 5) is 26.5. The van der Waals surface area contributed by atoms with E-state index in [9.17, 15) is 9.59 Å². The van der Waals surface area contributed by atoms with Gasteiger partial charge in [0.25, 0.3) is 5.91 Å². The van der Waals surface area contributed by atoms with E-state index in [1.54, 1.807) is 4.57 Å². The molecule has 0 saturated heterocycles. The van der Waals surface area contributed by atoms with Gasteiger partial charge in [0, 0.05) is 24.8 Å². The third-order valence-corrected chi connectivity index (χ3v) is 3.15. The number of hydrogen-bond acceptors (Lipinski definition) is 3. The minimum absolute atomic E-state index is 0.00384. The van der Waals surface area contributed by atoms with Crippen LogP contribution in [0.25, 0.3) is 0 Å². The minimum Gasteiger partial charge on any atom is -0.476 e. The normalized spacial score (nSPS) is 10.4. The number of benzene rings is 1. The maximum absolute atomic E-state index is 12.1. The summed E-state index contributed by atoms with van der Waals surface area (Å²) in [6.45, 7) is 4.71. The van der Waals surface area contributed by atoms with E-state index < -0.39 is 5.97 Å². The van der Waals surface area contributed by atoms with Gasteiger partial charge >= 0.3 is 5.97 Å². The highest BCUT2D eigenvalue weighted by molar-refractivity contribution is 5.95. The van der Waals surface area contributed by atoms with E-state index in [1.165, 1.54) is 12.5 Å². The molecule has 0 unspecified atom stereocenters. The molecule has 0 aliphatic heterocycles. The molecule has 21 heavy (non-hydrogen) atoms. The average Bonchev–Trinajstić information content (AvgIpc) is 2.90. The molecule has 0 aliphatic carbocycles. The highest BCUT2D eigenvalue weighted by Crippen LogP contribution is 2.10. The topological polar surface area (TPSA) is 84.2 Å². The largest absolute Gasteiger partial charge is 0.476 e. The highest BCUT2D eigenvalue weighted by Gasteiger charge is 2.09. The zero-order valence-electron chi connectivity index (χ0n) is 12.0. The molecular weight excluding hydrogens is 270 g/mol. The van der Waals surface area contributed by atoms with Crippen LogP contribution in [0.2, 0.25) is 0 Å². The van der Waals surface area contributed by atoms with Crippen molar-refractivity contribution >= 4 is 11.9 Å². The van der Waals surface area contributed by atoms with E-state index in [-0.39, 0.29) is 11.6 Å².